The molecule has 1 aliphatic carbocycles. The Labute approximate surface area is 119 Å². The molecule has 4 heteroatoms. The van der Waals surface area contributed by atoms with E-state index in [-0.39, 0.29) is 23.3 Å². The molecule has 0 bridgehead atoms. The minimum absolute atomic E-state index is 0.00982. The van der Waals surface area contributed by atoms with Gasteiger partial charge in [0.2, 0.25) is 5.82 Å². The summed E-state index contributed by atoms with van der Waals surface area (Å²) in [5, 5.41) is 3.44. The van der Waals surface area contributed by atoms with Crippen LogP contribution >= 0.6 is 0 Å². The molecule has 1 aromatic rings. The molecule has 0 saturated heterocycles. The van der Waals surface area contributed by atoms with Crippen molar-refractivity contribution in [3.05, 3.63) is 29.8 Å². The maximum Gasteiger partial charge on any atom is 0.200 e. The summed E-state index contributed by atoms with van der Waals surface area (Å²) in [6.07, 6.45) is 2.87. The molecule has 2 nitrogen and oxygen atoms in total. The first kappa shape index (κ1) is 15.2. The van der Waals surface area contributed by atoms with Crippen LogP contribution in [0.2, 0.25) is 0 Å². The van der Waals surface area contributed by atoms with E-state index in [1.54, 1.807) is 0 Å². The predicted molar refractivity (Wildman–Crippen MR) is 75.9 cm³/mol. The number of hydrogen-bond donors (Lipinski definition) is 1. The fourth-order valence-corrected chi connectivity index (χ4v) is 3.08. The molecule has 2 unspecified atom stereocenters. The predicted octanol–water partition coefficient (Wildman–Crippen LogP) is 3.90. The maximum atomic E-state index is 13.7. The van der Waals surface area contributed by atoms with E-state index >= 15 is 0 Å². The van der Waals surface area contributed by atoms with Crippen molar-refractivity contribution in [2.24, 2.45) is 5.41 Å². The zero-order chi connectivity index (χ0) is 14.8. The number of likely N-dealkylation sites (N-methyl/N-ethyl adjacent to an activating group) is 1. The summed E-state index contributed by atoms with van der Waals surface area (Å²) in [7, 11) is 0. The molecule has 1 aliphatic rings. The van der Waals surface area contributed by atoms with Gasteiger partial charge in [-0.25, -0.2) is 4.39 Å². The first-order chi connectivity index (χ1) is 9.45. The average Bonchev–Trinajstić information content (AvgIpc) is 2.39. The van der Waals surface area contributed by atoms with Crippen LogP contribution in [0.15, 0.2) is 18.2 Å². The lowest BCUT2D eigenvalue weighted by Gasteiger charge is -2.44. The third-order valence-electron chi connectivity index (χ3n) is 4.14. The molecule has 0 radical (unpaired) electrons. The Bertz CT molecular complexity index is 462. The fraction of sp³-hybridized carbons (Fsp3) is 0.625. The third kappa shape index (κ3) is 3.11. The van der Waals surface area contributed by atoms with Crippen LogP contribution in [0.3, 0.4) is 0 Å². The highest BCUT2D eigenvalue weighted by Crippen LogP contribution is 2.37. The van der Waals surface area contributed by atoms with E-state index in [1.165, 1.54) is 12.1 Å². The molecule has 1 saturated carbocycles. The van der Waals surface area contributed by atoms with Gasteiger partial charge < -0.3 is 10.1 Å². The van der Waals surface area contributed by atoms with Crippen molar-refractivity contribution in [1.29, 1.82) is 0 Å². The van der Waals surface area contributed by atoms with Gasteiger partial charge in [-0.2, -0.15) is 4.39 Å². The minimum Gasteiger partial charge on any atom is -0.486 e. The molecule has 2 rings (SSSR count). The van der Waals surface area contributed by atoms with Crippen molar-refractivity contribution in [3.8, 4) is 5.75 Å². The van der Waals surface area contributed by atoms with E-state index in [4.69, 9.17) is 4.74 Å². The van der Waals surface area contributed by atoms with Gasteiger partial charge in [-0.1, -0.05) is 26.8 Å². The van der Waals surface area contributed by atoms with Gasteiger partial charge in [-0.15, -0.1) is 0 Å². The molecule has 1 aromatic carbocycles. The van der Waals surface area contributed by atoms with Crippen LogP contribution in [-0.2, 0) is 0 Å². The Balaban J connectivity index is 2.19. The monoisotopic (exact) mass is 283 g/mol. The summed E-state index contributed by atoms with van der Waals surface area (Å²) in [5.74, 6) is -1.75. The van der Waals surface area contributed by atoms with Gasteiger partial charge in [-0.05, 0) is 43.4 Å². The van der Waals surface area contributed by atoms with Crippen LogP contribution in [0.5, 0.6) is 5.75 Å². The smallest absolute Gasteiger partial charge is 0.200 e. The van der Waals surface area contributed by atoms with E-state index in [2.05, 4.69) is 19.2 Å². The highest BCUT2D eigenvalue weighted by Gasteiger charge is 2.40. The van der Waals surface area contributed by atoms with E-state index in [0.29, 0.717) is 0 Å². The van der Waals surface area contributed by atoms with Gasteiger partial charge in [0.05, 0.1) is 0 Å². The zero-order valence-electron chi connectivity index (χ0n) is 12.4. The molecule has 0 heterocycles. The van der Waals surface area contributed by atoms with E-state index in [1.807, 2.05) is 6.92 Å². The van der Waals surface area contributed by atoms with Gasteiger partial charge in [0.1, 0.15) is 6.10 Å². The van der Waals surface area contributed by atoms with Crippen LogP contribution in [0.1, 0.15) is 40.0 Å². The van der Waals surface area contributed by atoms with Gasteiger partial charge in [0.15, 0.2) is 11.6 Å². The normalized spacial score (nSPS) is 25.4. The highest BCUT2D eigenvalue weighted by molar-refractivity contribution is 5.25. The SMILES string of the molecule is CCNC1C(Oc2cccc(F)c2F)CCCC1(C)C. The summed E-state index contributed by atoms with van der Waals surface area (Å²) >= 11 is 0. The van der Waals surface area contributed by atoms with Gasteiger partial charge >= 0.3 is 0 Å². The Hall–Kier alpha value is -1.16. The summed E-state index contributed by atoms with van der Waals surface area (Å²) in [6, 6.07) is 4.21. The number of benzene rings is 1. The summed E-state index contributed by atoms with van der Waals surface area (Å²) in [6.45, 7) is 7.26. The number of halogens is 2. The zero-order valence-corrected chi connectivity index (χ0v) is 12.4. The molecule has 1 fully saturated rings. The van der Waals surface area contributed by atoms with Crippen LogP contribution in [0.25, 0.3) is 0 Å². The second-order valence-corrected chi connectivity index (χ2v) is 6.12. The molecular weight excluding hydrogens is 260 g/mol. The van der Waals surface area contributed by atoms with Crippen molar-refractivity contribution in [2.75, 3.05) is 6.54 Å². The van der Waals surface area contributed by atoms with Crippen LogP contribution < -0.4 is 10.1 Å². The Morgan fingerprint density at radius 1 is 1.35 bits per heavy atom. The summed E-state index contributed by atoms with van der Waals surface area (Å²) in [5.41, 5.74) is 0.0860. The standard InChI is InChI=1S/C16H23F2NO/c1-4-19-15-13(9-6-10-16(15,2)3)20-12-8-5-7-11(17)14(12)18/h5,7-8,13,15,19H,4,6,9-10H2,1-3H3. The lowest BCUT2D eigenvalue weighted by Crippen LogP contribution is -2.54. The van der Waals surface area contributed by atoms with Crippen LogP contribution in [-0.4, -0.2) is 18.7 Å². The second kappa shape index (κ2) is 6.08. The van der Waals surface area contributed by atoms with Crippen molar-refractivity contribution >= 4 is 0 Å². The van der Waals surface area contributed by atoms with Crippen LogP contribution in [0, 0.1) is 17.0 Å². The van der Waals surface area contributed by atoms with Crippen LogP contribution in [0.4, 0.5) is 8.78 Å². The van der Waals surface area contributed by atoms with Crippen molar-refractivity contribution in [3.63, 3.8) is 0 Å². The molecule has 2 atom stereocenters. The highest BCUT2D eigenvalue weighted by atomic mass is 19.2. The maximum absolute atomic E-state index is 13.7. The lowest BCUT2D eigenvalue weighted by atomic mass is 9.71. The first-order valence-electron chi connectivity index (χ1n) is 7.29. The fourth-order valence-electron chi connectivity index (χ4n) is 3.08. The Morgan fingerprint density at radius 2 is 2.10 bits per heavy atom. The quantitative estimate of drug-likeness (QED) is 0.905. The molecule has 0 aliphatic heterocycles. The minimum atomic E-state index is -0.897. The Morgan fingerprint density at radius 3 is 2.80 bits per heavy atom. The Kier molecular flexibility index (Phi) is 4.63. The second-order valence-electron chi connectivity index (χ2n) is 6.12. The number of ether oxygens (including phenoxy) is 1. The van der Waals surface area contributed by atoms with Crippen molar-refractivity contribution in [2.45, 2.75) is 52.2 Å². The van der Waals surface area contributed by atoms with Crippen molar-refractivity contribution < 1.29 is 13.5 Å². The summed E-state index contributed by atoms with van der Waals surface area (Å²) < 4.78 is 32.8. The van der Waals surface area contributed by atoms with E-state index < -0.39 is 11.6 Å². The van der Waals surface area contributed by atoms with Gasteiger partial charge in [0.25, 0.3) is 0 Å². The molecule has 0 amide bonds. The molecule has 0 aromatic heterocycles. The molecule has 1 N–H and O–H groups in total. The van der Waals surface area contributed by atoms with Gasteiger partial charge in [0, 0.05) is 6.04 Å². The number of hydrogen-bond acceptors (Lipinski definition) is 2. The summed E-state index contributed by atoms with van der Waals surface area (Å²) in [4.78, 5) is 0. The molecule has 112 valence electrons. The van der Waals surface area contributed by atoms with Crippen molar-refractivity contribution in [1.82, 2.24) is 5.32 Å². The van der Waals surface area contributed by atoms with E-state index in [0.717, 1.165) is 31.9 Å². The molecule has 20 heavy (non-hydrogen) atoms. The first-order valence-corrected chi connectivity index (χ1v) is 7.29. The topological polar surface area (TPSA) is 21.3 Å². The van der Waals surface area contributed by atoms with Gasteiger partial charge in [-0.3, -0.25) is 0 Å². The van der Waals surface area contributed by atoms with E-state index in [9.17, 15) is 8.78 Å². The average molecular weight is 283 g/mol. The largest absolute Gasteiger partial charge is 0.486 e. The number of nitrogens with one attached hydrogen (secondary N) is 1. The lowest BCUT2D eigenvalue weighted by molar-refractivity contribution is 0.0345. The third-order valence-corrected chi connectivity index (χ3v) is 4.14. The molecular formula is C16H23F2NO. The number of rotatable bonds is 4. The molecule has 0 spiro atoms.